The summed E-state index contributed by atoms with van der Waals surface area (Å²) >= 11 is 0. The van der Waals surface area contributed by atoms with Crippen LogP contribution in [0.3, 0.4) is 0 Å². The number of carbonyl (C=O) groups excluding carboxylic acids is 1. The summed E-state index contributed by atoms with van der Waals surface area (Å²) in [5, 5.41) is 11.5. The molecule has 102 valence electrons. The third kappa shape index (κ3) is 2.92. The van der Waals surface area contributed by atoms with E-state index in [4.69, 9.17) is 5.11 Å². The van der Waals surface area contributed by atoms with Gasteiger partial charge in [0.15, 0.2) is 0 Å². The molecule has 1 amide bonds. The van der Waals surface area contributed by atoms with Gasteiger partial charge in [0.05, 0.1) is 17.9 Å². The smallest absolute Gasteiger partial charge is 0.307 e. The molecule has 5 heteroatoms. The van der Waals surface area contributed by atoms with E-state index >= 15 is 0 Å². The summed E-state index contributed by atoms with van der Waals surface area (Å²) in [7, 11) is 0. The van der Waals surface area contributed by atoms with Crippen LogP contribution in [0.25, 0.3) is 0 Å². The predicted molar refractivity (Wildman–Crippen MR) is 66.9 cm³/mol. The number of halogens is 1. The van der Waals surface area contributed by atoms with E-state index in [9.17, 15) is 14.0 Å². The maximum Gasteiger partial charge on any atom is 0.307 e. The molecule has 0 radical (unpaired) electrons. The van der Waals surface area contributed by atoms with Crippen LogP contribution in [-0.4, -0.2) is 17.0 Å². The Morgan fingerprint density at radius 3 is 2.63 bits per heavy atom. The van der Waals surface area contributed by atoms with E-state index in [2.05, 4.69) is 5.32 Å². The average Bonchev–Trinajstić information content (AvgIpc) is 3.12. The first-order valence-corrected chi connectivity index (χ1v) is 6.19. The SMILES string of the molecule is Cc1ccc(C(C)NC(=O)[C@@H]2C[C@@H]2C(=O)O)cc1F. The van der Waals surface area contributed by atoms with Crippen LogP contribution in [0.4, 0.5) is 4.39 Å². The molecule has 1 aromatic carbocycles. The van der Waals surface area contributed by atoms with Crippen molar-refractivity contribution in [2.75, 3.05) is 0 Å². The van der Waals surface area contributed by atoms with Crippen LogP contribution in [0.5, 0.6) is 0 Å². The van der Waals surface area contributed by atoms with Gasteiger partial charge in [0.2, 0.25) is 5.91 Å². The molecule has 0 heterocycles. The number of amides is 1. The quantitative estimate of drug-likeness (QED) is 0.875. The second kappa shape index (κ2) is 4.99. The zero-order valence-electron chi connectivity index (χ0n) is 10.8. The summed E-state index contributed by atoms with van der Waals surface area (Å²) in [4.78, 5) is 22.5. The first-order chi connectivity index (χ1) is 8.90. The van der Waals surface area contributed by atoms with Gasteiger partial charge in [0.25, 0.3) is 0 Å². The largest absolute Gasteiger partial charge is 0.481 e. The fourth-order valence-electron chi connectivity index (χ4n) is 2.04. The lowest BCUT2D eigenvalue weighted by atomic mass is 10.1. The highest BCUT2D eigenvalue weighted by atomic mass is 19.1. The monoisotopic (exact) mass is 265 g/mol. The molecule has 0 aliphatic heterocycles. The van der Waals surface area contributed by atoms with Crippen LogP contribution < -0.4 is 5.32 Å². The molecule has 3 atom stereocenters. The Hall–Kier alpha value is -1.91. The van der Waals surface area contributed by atoms with E-state index in [1.54, 1.807) is 26.0 Å². The lowest BCUT2D eigenvalue weighted by Gasteiger charge is -2.14. The Kier molecular flexibility index (Phi) is 3.55. The Balaban J connectivity index is 1.97. The number of carboxylic acid groups (broad SMARTS) is 1. The van der Waals surface area contributed by atoms with Gasteiger partial charge < -0.3 is 10.4 Å². The summed E-state index contributed by atoms with van der Waals surface area (Å²) in [5.74, 6) is -2.54. The van der Waals surface area contributed by atoms with Gasteiger partial charge in [-0.25, -0.2) is 4.39 Å². The van der Waals surface area contributed by atoms with Gasteiger partial charge in [0.1, 0.15) is 5.82 Å². The summed E-state index contributed by atoms with van der Waals surface area (Å²) < 4.78 is 13.4. The average molecular weight is 265 g/mol. The number of hydrogen-bond acceptors (Lipinski definition) is 2. The highest BCUT2D eigenvalue weighted by Crippen LogP contribution is 2.39. The van der Waals surface area contributed by atoms with E-state index in [0.717, 1.165) is 0 Å². The summed E-state index contributed by atoms with van der Waals surface area (Å²) in [6, 6.07) is 4.47. The zero-order valence-corrected chi connectivity index (χ0v) is 10.8. The highest BCUT2D eigenvalue weighted by Gasteiger charge is 2.48. The fraction of sp³-hybridized carbons (Fsp3) is 0.429. The number of nitrogens with one attached hydrogen (secondary N) is 1. The molecular formula is C14H16FNO3. The molecular weight excluding hydrogens is 249 g/mol. The van der Waals surface area contributed by atoms with Crippen LogP contribution in [0.15, 0.2) is 18.2 Å². The number of benzene rings is 1. The first kappa shape index (κ1) is 13.5. The van der Waals surface area contributed by atoms with Gasteiger partial charge in [-0.3, -0.25) is 9.59 Å². The van der Waals surface area contributed by atoms with Crippen LogP contribution in [0, 0.1) is 24.6 Å². The van der Waals surface area contributed by atoms with E-state index < -0.39 is 17.8 Å². The normalized spacial score (nSPS) is 22.7. The minimum absolute atomic E-state index is 0.277. The number of carboxylic acids is 1. The van der Waals surface area contributed by atoms with Crippen molar-refractivity contribution in [3.8, 4) is 0 Å². The Bertz CT molecular complexity index is 529. The van der Waals surface area contributed by atoms with E-state index in [0.29, 0.717) is 17.5 Å². The number of rotatable bonds is 4. The number of aliphatic carboxylic acids is 1. The van der Waals surface area contributed by atoms with Crippen molar-refractivity contribution in [1.29, 1.82) is 0 Å². The predicted octanol–water partition coefficient (Wildman–Crippen LogP) is 2.03. The Morgan fingerprint density at radius 2 is 2.11 bits per heavy atom. The minimum Gasteiger partial charge on any atom is -0.481 e. The number of carbonyl (C=O) groups is 2. The maximum absolute atomic E-state index is 13.4. The van der Waals surface area contributed by atoms with E-state index in [-0.39, 0.29) is 17.8 Å². The van der Waals surface area contributed by atoms with Crippen LogP contribution in [-0.2, 0) is 9.59 Å². The molecule has 1 aliphatic rings. The lowest BCUT2D eigenvalue weighted by Crippen LogP contribution is -2.29. The van der Waals surface area contributed by atoms with Gasteiger partial charge in [-0.2, -0.15) is 0 Å². The fourth-order valence-corrected chi connectivity index (χ4v) is 2.04. The third-order valence-corrected chi connectivity index (χ3v) is 3.50. The van der Waals surface area contributed by atoms with Crippen molar-refractivity contribution in [3.63, 3.8) is 0 Å². The molecule has 0 aromatic heterocycles. The van der Waals surface area contributed by atoms with Crippen molar-refractivity contribution in [2.24, 2.45) is 11.8 Å². The van der Waals surface area contributed by atoms with Gasteiger partial charge in [-0.15, -0.1) is 0 Å². The number of hydrogen-bond donors (Lipinski definition) is 2. The highest BCUT2D eigenvalue weighted by molar-refractivity contribution is 5.89. The number of aryl methyl sites for hydroxylation is 1. The van der Waals surface area contributed by atoms with Crippen LogP contribution >= 0.6 is 0 Å². The van der Waals surface area contributed by atoms with Crippen molar-refractivity contribution < 1.29 is 19.1 Å². The maximum atomic E-state index is 13.4. The molecule has 1 fully saturated rings. The van der Waals surface area contributed by atoms with E-state index in [1.165, 1.54) is 6.07 Å². The molecule has 1 aliphatic carbocycles. The Morgan fingerprint density at radius 1 is 1.42 bits per heavy atom. The second-order valence-corrected chi connectivity index (χ2v) is 5.03. The molecule has 0 bridgehead atoms. The van der Waals surface area contributed by atoms with Crippen LogP contribution in [0.2, 0.25) is 0 Å². The van der Waals surface area contributed by atoms with Crippen molar-refractivity contribution in [2.45, 2.75) is 26.3 Å². The standard InChI is InChI=1S/C14H16FNO3/c1-7-3-4-9(5-12(7)15)8(2)16-13(17)10-6-11(10)14(18)19/h3-5,8,10-11H,6H2,1-2H3,(H,16,17)(H,18,19)/t8?,10-,11+/m1/s1. The molecule has 1 aromatic rings. The van der Waals surface area contributed by atoms with Crippen LogP contribution in [0.1, 0.15) is 30.5 Å². The third-order valence-electron chi connectivity index (χ3n) is 3.50. The Labute approximate surface area is 110 Å². The summed E-state index contributed by atoms with van der Waals surface area (Å²) in [5.41, 5.74) is 1.22. The van der Waals surface area contributed by atoms with Crippen molar-refractivity contribution >= 4 is 11.9 Å². The topological polar surface area (TPSA) is 66.4 Å². The summed E-state index contributed by atoms with van der Waals surface area (Å²) in [6.07, 6.45) is 0.385. The molecule has 19 heavy (non-hydrogen) atoms. The van der Waals surface area contributed by atoms with E-state index in [1.807, 2.05) is 0 Å². The van der Waals surface area contributed by atoms with Gasteiger partial charge in [0, 0.05) is 0 Å². The zero-order chi connectivity index (χ0) is 14.2. The van der Waals surface area contributed by atoms with Gasteiger partial charge in [-0.05, 0) is 37.5 Å². The molecule has 2 rings (SSSR count). The molecule has 4 nitrogen and oxygen atoms in total. The van der Waals surface area contributed by atoms with Gasteiger partial charge >= 0.3 is 5.97 Å². The van der Waals surface area contributed by atoms with Crippen molar-refractivity contribution in [3.05, 3.63) is 35.1 Å². The lowest BCUT2D eigenvalue weighted by molar-refractivity contribution is -0.140. The molecule has 1 unspecified atom stereocenters. The molecule has 0 spiro atoms. The first-order valence-electron chi connectivity index (χ1n) is 6.19. The minimum atomic E-state index is -0.936. The summed E-state index contributed by atoms with van der Waals surface area (Å²) in [6.45, 7) is 3.42. The molecule has 0 saturated heterocycles. The van der Waals surface area contributed by atoms with Crippen molar-refractivity contribution in [1.82, 2.24) is 5.32 Å². The molecule has 1 saturated carbocycles. The van der Waals surface area contributed by atoms with Gasteiger partial charge in [-0.1, -0.05) is 12.1 Å². The molecule has 2 N–H and O–H groups in total. The second-order valence-electron chi connectivity index (χ2n) is 5.03.